The summed E-state index contributed by atoms with van der Waals surface area (Å²) in [5.74, 6) is 0.564. The van der Waals surface area contributed by atoms with E-state index in [1.165, 1.54) is 0 Å². The van der Waals surface area contributed by atoms with Gasteiger partial charge < -0.3 is 9.72 Å². The summed E-state index contributed by atoms with van der Waals surface area (Å²) in [4.78, 5) is 14.4. The first-order chi connectivity index (χ1) is 7.67. The Hall–Kier alpha value is -1.48. The number of aryl methyl sites for hydroxylation is 1. The van der Waals surface area contributed by atoms with E-state index in [2.05, 4.69) is 4.98 Å². The predicted octanol–water partition coefficient (Wildman–Crippen LogP) is 2.75. The van der Waals surface area contributed by atoms with Crippen molar-refractivity contribution in [2.75, 3.05) is 7.11 Å². The number of halogens is 1. The van der Waals surface area contributed by atoms with E-state index >= 15 is 0 Å². The van der Waals surface area contributed by atoms with Crippen molar-refractivity contribution in [1.82, 2.24) is 4.98 Å². The average Bonchev–Trinajstić information content (AvgIpc) is 2.30. The van der Waals surface area contributed by atoms with Gasteiger partial charge in [0.05, 0.1) is 12.6 Å². The van der Waals surface area contributed by atoms with Gasteiger partial charge in [-0.15, -0.1) is 0 Å². The molecule has 0 aliphatic carbocycles. The van der Waals surface area contributed by atoms with Gasteiger partial charge in [-0.3, -0.25) is 4.79 Å². The van der Waals surface area contributed by atoms with Crippen molar-refractivity contribution in [3.05, 3.63) is 39.1 Å². The molecule has 0 amide bonds. The van der Waals surface area contributed by atoms with Crippen molar-refractivity contribution in [2.45, 2.75) is 13.3 Å². The Balaban J connectivity index is 2.81. The van der Waals surface area contributed by atoms with Crippen molar-refractivity contribution in [3.8, 4) is 5.75 Å². The highest BCUT2D eigenvalue weighted by Gasteiger charge is 2.08. The van der Waals surface area contributed by atoms with E-state index < -0.39 is 0 Å². The Kier molecular flexibility index (Phi) is 2.88. The van der Waals surface area contributed by atoms with E-state index in [0.29, 0.717) is 22.7 Å². The summed E-state index contributed by atoms with van der Waals surface area (Å²) in [6.07, 6.45) is 0.703. The molecule has 0 unspecified atom stereocenters. The van der Waals surface area contributed by atoms with Gasteiger partial charge in [0.1, 0.15) is 10.8 Å². The van der Waals surface area contributed by atoms with Gasteiger partial charge in [0.25, 0.3) is 5.56 Å². The SMILES string of the molecule is CCc1cc2ccc(OC)c(Cl)c2[nH]c1=O. The maximum Gasteiger partial charge on any atom is 0.251 e. The predicted molar refractivity (Wildman–Crippen MR) is 65.5 cm³/mol. The fraction of sp³-hybridized carbons (Fsp3) is 0.250. The molecule has 1 aromatic carbocycles. The van der Waals surface area contributed by atoms with Gasteiger partial charge in [0.2, 0.25) is 0 Å². The first-order valence-electron chi connectivity index (χ1n) is 5.05. The molecule has 0 fully saturated rings. The molecule has 2 rings (SSSR count). The molecule has 0 saturated carbocycles. The maximum atomic E-state index is 11.7. The van der Waals surface area contributed by atoms with E-state index in [4.69, 9.17) is 16.3 Å². The molecule has 0 aliphatic heterocycles. The highest BCUT2D eigenvalue weighted by molar-refractivity contribution is 6.36. The third-order valence-electron chi connectivity index (χ3n) is 2.60. The number of methoxy groups -OCH3 is 1. The van der Waals surface area contributed by atoms with Gasteiger partial charge in [-0.1, -0.05) is 18.5 Å². The van der Waals surface area contributed by atoms with E-state index in [1.54, 1.807) is 13.2 Å². The van der Waals surface area contributed by atoms with Gasteiger partial charge in [-0.25, -0.2) is 0 Å². The number of rotatable bonds is 2. The number of pyridine rings is 1. The van der Waals surface area contributed by atoms with Crippen molar-refractivity contribution < 1.29 is 4.74 Å². The molecule has 0 saturated heterocycles. The lowest BCUT2D eigenvalue weighted by Crippen LogP contribution is -2.11. The molecule has 84 valence electrons. The van der Waals surface area contributed by atoms with E-state index in [0.717, 1.165) is 10.9 Å². The number of hydrogen-bond donors (Lipinski definition) is 1. The maximum absolute atomic E-state index is 11.7. The van der Waals surface area contributed by atoms with Crippen LogP contribution in [0.2, 0.25) is 5.02 Å². The van der Waals surface area contributed by atoms with E-state index in [9.17, 15) is 4.79 Å². The van der Waals surface area contributed by atoms with Crippen LogP contribution in [0.25, 0.3) is 10.9 Å². The van der Waals surface area contributed by atoms with Crippen molar-refractivity contribution in [3.63, 3.8) is 0 Å². The Morgan fingerprint density at radius 1 is 1.44 bits per heavy atom. The van der Waals surface area contributed by atoms with Gasteiger partial charge in [0.15, 0.2) is 0 Å². The minimum Gasteiger partial charge on any atom is -0.495 e. The monoisotopic (exact) mass is 237 g/mol. The van der Waals surface area contributed by atoms with Crippen LogP contribution in [-0.4, -0.2) is 12.1 Å². The quantitative estimate of drug-likeness (QED) is 0.873. The van der Waals surface area contributed by atoms with Crippen molar-refractivity contribution >= 4 is 22.5 Å². The summed E-state index contributed by atoms with van der Waals surface area (Å²) < 4.78 is 5.10. The molecular weight excluding hydrogens is 226 g/mol. The van der Waals surface area contributed by atoms with Crippen LogP contribution in [0.3, 0.4) is 0 Å². The minimum atomic E-state index is -0.0925. The van der Waals surface area contributed by atoms with E-state index in [1.807, 2.05) is 19.1 Å². The Morgan fingerprint density at radius 2 is 2.19 bits per heavy atom. The smallest absolute Gasteiger partial charge is 0.251 e. The second-order valence-electron chi connectivity index (χ2n) is 3.52. The molecule has 1 heterocycles. The Labute approximate surface area is 98.0 Å². The van der Waals surface area contributed by atoms with Crippen LogP contribution in [-0.2, 0) is 6.42 Å². The molecule has 1 N–H and O–H groups in total. The lowest BCUT2D eigenvalue weighted by atomic mass is 10.1. The van der Waals surface area contributed by atoms with Crippen LogP contribution in [0.4, 0.5) is 0 Å². The van der Waals surface area contributed by atoms with Crippen LogP contribution in [0, 0.1) is 0 Å². The zero-order valence-electron chi connectivity index (χ0n) is 9.13. The van der Waals surface area contributed by atoms with Gasteiger partial charge in [-0.05, 0) is 24.6 Å². The molecule has 0 radical (unpaired) electrons. The minimum absolute atomic E-state index is 0.0925. The van der Waals surface area contributed by atoms with Crippen LogP contribution >= 0.6 is 11.6 Å². The third-order valence-corrected chi connectivity index (χ3v) is 2.97. The molecule has 0 spiro atoms. The fourth-order valence-corrected chi connectivity index (χ4v) is 1.98. The summed E-state index contributed by atoms with van der Waals surface area (Å²) in [6, 6.07) is 5.54. The molecule has 1 aromatic heterocycles. The number of fused-ring (bicyclic) bond motifs is 1. The number of nitrogens with one attached hydrogen (secondary N) is 1. The molecule has 0 atom stereocenters. The summed E-state index contributed by atoms with van der Waals surface area (Å²) in [6.45, 7) is 1.95. The first kappa shape index (κ1) is 11.0. The number of ether oxygens (including phenoxy) is 1. The molecule has 0 bridgehead atoms. The van der Waals surface area contributed by atoms with E-state index in [-0.39, 0.29) is 5.56 Å². The van der Waals surface area contributed by atoms with Crippen molar-refractivity contribution in [1.29, 1.82) is 0 Å². The number of benzene rings is 1. The van der Waals surface area contributed by atoms with Crippen molar-refractivity contribution in [2.24, 2.45) is 0 Å². The van der Waals surface area contributed by atoms with Gasteiger partial charge >= 0.3 is 0 Å². The number of H-pyrrole nitrogens is 1. The molecule has 16 heavy (non-hydrogen) atoms. The lowest BCUT2D eigenvalue weighted by molar-refractivity contribution is 0.415. The molecule has 3 nitrogen and oxygen atoms in total. The summed E-state index contributed by atoms with van der Waals surface area (Å²) >= 11 is 6.11. The average molecular weight is 238 g/mol. The summed E-state index contributed by atoms with van der Waals surface area (Å²) in [5, 5.41) is 1.36. The lowest BCUT2D eigenvalue weighted by Gasteiger charge is -2.07. The topological polar surface area (TPSA) is 42.1 Å². The van der Waals surface area contributed by atoms with Gasteiger partial charge in [0, 0.05) is 10.9 Å². The number of aromatic amines is 1. The molecular formula is C12H12ClNO2. The summed E-state index contributed by atoms with van der Waals surface area (Å²) in [7, 11) is 1.55. The standard InChI is InChI=1S/C12H12ClNO2/c1-3-7-6-8-4-5-9(16-2)10(13)11(8)14-12(7)15/h4-6H,3H2,1-2H3,(H,14,15). The van der Waals surface area contributed by atoms with Gasteiger partial charge in [-0.2, -0.15) is 0 Å². The van der Waals surface area contributed by atoms with Crippen LogP contribution in [0.15, 0.2) is 23.0 Å². The second-order valence-corrected chi connectivity index (χ2v) is 3.90. The zero-order valence-corrected chi connectivity index (χ0v) is 9.89. The normalized spacial score (nSPS) is 10.7. The highest BCUT2D eigenvalue weighted by atomic mass is 35.5. The number of hydrogen-bond acceptors (Lipinski definition) is 2. The molecule has 2 aromatic rings. The second kappa shape index (κ2) is 4.18. The Morgan fingerprint density at radius 3 is 2.81 bits per heavy atom. The third kappa shape index (κ3) is 1.67. The van der Waals surface area contributed by atoms with Crippen LogP contribution in [0.1, 0.15) is 12.5 Å². The first-order valence-corrected chi connectivity index (χ1v) is 5.43. The summed E-state index contributed by atoms with van der Waals surface area (Å²) in [5.41, 5.74) is 1.29. The fourth-order valence-electron chi connectivity index (χ4n) is 1.69. The molecule has 4 heteroatoms. The van der Waals surface area contributed by atoms with Crippen LogP contribution < -0.4 is 10.3 Å². The number of aromatic nitrogens is 1. The zero-order chi connectivity index (χ0) is 11.7. The van der Waals surface area contributed by atoms with Crippen LogP contribution in [0.5, 0.6) is 5.75 Å². The largest absolute Gasteiger partial charge is 0.495 e. The Bertz CT molecular complexity index is 589. The highest BCUT2D eigenvalue weighted by Crippen LogP contribution is 2.30. The molecule has 0 aliphatic rings.